The second kappa shape index (κ2) is 4.58. The van der Waals surface area contributed by atoms with Crippen LogP contribution in [-0.4, -0.2) is 25.1 Å². The number of hydrogen-bond acceptors (Lipinski definition) is 6. The smallest absolute Gasteiger partial charge is 0.258 e. The third kappa shape index (κ3) is 2.08. The number of aromatic nitrogens is 4. The van der Waals surface area contributed by atoms with Crippen LogP contribution in [0.5, 0.6) is 0 Å². The molecular weight excluding hydrogens is 266 g/mol. The number of nitrogens with zero attached hydrogens (tertiary/aromatic N) is 4. The molecular formula is C11H7N5O2S. The molecule has 3 rings (SSSR count). The zero-order valence-electron chi connectivity index (χ0n) is 9.48. The molecule has 0 unspecified atom stereocenters. The number of aromatic amines is 1. The van der Waals surface area contributed by atoms with Gasteiger partial charge < -0.3 is 0 Å². The lowest BCUT2D eigenvalue weighted by Crippen LogP contribution is -1.91. The van der Waals surface area contributed by atoms with Crippen molar-refractivity contribution in [3.05, 3.63) is 46.1 Å². The van der Waals surface area contributed by atoms with Crippen molar-refractivity contribution in [1.29, 1.82) is 0 Å². The molecule has 94 valence electrons. The average molecular weight is 273 g/mol. The molecule has 0 saturated carbocycles. The summed E-state index contributed by atoms with van der Waals surface area (Å²) in [5.74, 6) is 0.551. The fourth-order valence-corrected chi connectivity index (χ4v) is 2.43. The second-order valence-corrected chi connectivity index (χ2v) is 4.50. The van der Waals surface area contributed by atoms with E-state index in [9.17, 15) is 10.1 Å². The Balaban J connectivity index is 2.06. The Morgan fingerprint density at radius 2 is 2.16 bits per heavy atom. The highest BCUT2D eigenvalue weighted by Crippen LogP contribution is 2.32. The summed E-state index contributed by atoms with van der Waals surface area (Å²) in [5.41, 5.74) is 1.09. The van der Waals surface area contributed by atoms with Gasteiger partial charge in [-0.3, -0.25) is 15.2 Å². The lowest BCUT2D eigenvalue weighted by molar-refractivity contribution is -0.384. The van der Waals surface area contributed by atoms with Crippen molar-refractivity contribution in [3.63, 3.8) is 0 Å². The summed E-state index contributed by atoms with van der Waals surface area (Å²) in [6.07, 6.45) is 1.39. The van der Waals surface area contributed by atoms with E-state index in [1.165, 1.54) is 23.7 Å². The third-order valence-corrected chi connectivity index (χ3v) is 3.35. The van der Waals surface area contributed by atoms with E-state index >= 15 is 0 Å². The molecule has 2 heterocycles. The Morgan fingerprint density at radius 1 is 1.32 bits per heavy atom. The highest BCUT2D eigenvalue weighted by Gasteiger charge is 2.17. The molecule has 2 aromatic heterocycles. The van der Waals surface area contributed by atoms with Crippen LogP contribution in [0.4, 0.5) is 5.69 Å². The normalized spacial score (nSPS) is 10.5. The predicted octanol–water partition coefficient (Wildman–Crippen LogP) is 2.50. The van der Waals surface area contributed by atoms with Gasteiger partial charge in [0.15, 0.2) is 10.8 Å². The highest BCUT2D eigenvalue weighted by atomic mass is 32.1. The Hall–Kier alpha value is -2.61. The lowest BCUT2D eigenvalue weighted by atomic mass is 10.1. The first-order valence-corrected chi connectivity index (χ1v) is 6.19. The SMILES string of the molecule is O=[N+]([O-])c1ccccc1-c1csc(-c2ncn[nH]2)n1. The Labute approximate surface area is 111 Å². The number of nitrogens with one attached hydrogen (secondary N) is 1. The van der Waals surface area contributed by atoms with Crippen LogP contribution in [0.25, 0.3) is 22.1 Å². The van der Waals surface area contributed by atoms with Gasteiger partial charge in [-0.05, 0) is 6.07 Å². The largest absolute Gasteiger partial charge is 0.278 e. The van der Waals surface area contributed by atoms with E-state index in [1.807, 2.05) is 0 Å². The van der Waals surface area contributed by atoms with Crippen LogP contribution in [0.3, 0.4) is 0 Å². The van der Waals surface area contributed by atoms with E-state index in [2.05, 4.69) is 20.2 Å². The van der Waals surface area contributed by atoms with Gasteiger partial charge >= 0.3 is 0 Å². The fraction of sp³-hybridized carbons (Fsp3) is 0. The summed E-state index contributed by atoms with van der Waals surface area (Å²) in [7, 11) is 0. The molecule has 7 nitrogen and oxygen atoms in total. The zero-order valence-corrected chi connectivity index (χ0v) is 10.3. The number of rotatable bonds is 3. The molecule has 0 atom stereocenters. The van der Waals surface area contributed by atoms with Crippen LogP contribution in [0.1, 0.15) is 0 Å². The number of benzene rings is 1. The van der Waals surface area contributed by atoms with Crippen molar-refractivity contribution >= 4 is 17.0 Å². The molecule has 1 N–H and O–H groups in total. The Bertz CT molecular complexity index is 722. The maximum Gasteiger partial charge on any atom is 0.278 e. The van der Waals surface area contributed by atoms with Gasteiger partial charge in [-0.25, -0.2) is 9.97 Å². The zero-order chi connectivity index (χ0) is 13.2. The minimum Gasteiger partial charge on any atom is -0.258 e. The van der Waals surface area contributed by atoms with Gasteiger partial charge in [-0.1, -0.05) is 12.1 Å². The van der Waals surface area contributed by atoms with E-state index in [4.69, 9.17) is 0 Å². The van der Waals surface area contributed by atoms with Crippen molar-refractivity contribution in [1.82, 2.24) is 20.2 Å². The molecule has 0 aliphatic rings. The second-order valence-electron chi connectivity index (χ2n) is 3.65. The number of H-pyrrole nitrogens is 1. The standard InChI is InChI=1S/C11H7N5O2S/c17-16(18)9-4-2-1-3-7(9)8-5-19-11(14-8)10-12-6-13-15-10/h1-6H,(H,12,13,15). The van der Waals surface area contributed by atoms with Crippen LogP contribution in [-0.2, 0) is 0 Å². The first kappa shape index (κ1) is 11.5. The van der Waals surface area contributed by atoms with Gasteiger partial charge in [0.2, 0.25) is 0 Å². The van der Waals surface area contributed by atoms with E-state index in [1.54, 1.807) is 23.6 Å². The van der Waals surface area contributed by atoms with E-state index in [0.717, 1.165) is 0 Å². The van der Waals surface area contributed by atoms with E-state index < -0.39 is 4.92 Å². The summed E-state index contributed by atoms with van der Waals surface area (Å²) in [6.45, 7) is 0. The minimum absolute atomic E-state index is 0.0388. The Kier molecular flexibility index (Phi) is 2.76. The lowest BCUT2D eigenvalue weighted by Gasteiger charge is -1.98. The highest BCUT2D eigenvalue weighted by molar-refractivity contribution is 7.13. The van der Waals surface area contributed by atoms with Crippen LogP contribution in [0.2, 0.25) is 0 Å². The first-order chi connectivity index (χ1) is 9.25. The number of hydrogen-bond donors (Lipinski definition) is 1. The summed E-state index contributed by atoms with van der Waals surface area (Å²) in [4.78, 5) is 18.9. The van der Waals surface area contributed by atoms with Gasteiger partial charge in [0, 0.05) is 11.4 Å². The van der Waals surface area contributed by atoms with Crippen LogP contribution in [0.15, 0.2) is 36.0 Å². The van der Waals surface area contributed by atoms with Crippen LogP contribution in [0, 0.1) is 10.1 Å². The number of thiazole rings is 1. The van der Waals surface area contributed by atoms with Crippen molar-refractivity contribution in [2.45, 2.75) is 0 Å². The predicted molar refractivity (Wildman–Crippen MR) is 69.6 cm³/mol. The molecule has 0 radical (unpaired) electrons. The van der Waals surface area contributed by atoms with E-state index in [-0.39, 0.29) is 5.69 Å². The summed E-state index contributed by atoms with van der Waals surface area (Å²) in [5, 5.41) is 19.8. The maximum absolute atomic E-state index is 11.0. The van der Waals surface area contributed by atoms with Crippen molar-refractivity contribution in [3.8, 4) is 22.1 Å². The molecule has 0 saturated heterocycles. The molecule has 0 amide bonds. The molecule has 0 aliphatic heterocycles. The minimum atomic E-state index is -0.414. The van der Waals surface area contributed by atoms with Crippen LogP contribution < -0.4 is 0 Å². The maximum atomic E-state index is 11.0. The molecule has 0 fully saturated rings. The monoisotopic (exact) mass is 273 g/mol. The van der Waals surface area contributed by atoms with Gasteiger partial charge in [0.25, 0.3) is 5.69 Å². The fourth-order valence-electron chi connectivity index (χ4n) is 1.66. The third-order valence-electron chi connectivity index (χ3n) is 2.50. The average Bonchev–Trinajstić information content (AvgIpc) is 3.09. The molecule has 1 aromatic carbocycles. The topological polar surface area (TPSA) is 97.6 Å². The molecule has 8 heteroatoms. The van der Waals surface area contributed by atoms with Crippen molar-refractivity contribution in [2.24, 2.45) is 0 Å². The molecule has 0 bridgehead atoms. The van der Waals surface area contributed by atoms with Crippen LogP contribution >= 0.6 is 11.3 Å². The summed E-state index contributed by atoms with van der Waals surface area (Å²) >= 11 is 1.36. The summed E-state index contributed by atoms with van der Waals surface area (Å²) in [6, 6.07) is 6.52. The van der Waals surface area contributed by atoms with Gasteiger partial charge in [-0.15, -0.1) is 11.3 Å². The molecule has 0 aliphatic carbocycles. The molecule has 19 heavy (non-hydrogen) atoms. The Morgan fingerprint density at radius 3 is 2.89 bits per heavy atom. The van der Waals surface area contributed by atoms with E-state index in [0.29, 0.717) is 22.1 Å². The number of nitro benzene ring substituents is 1. The summed E-state index contributed by atoms with van der Waals surface area (Å²) < 4.78 is 0. The number of para-hydroxylation sites is 1. The van der Waals surface area contributed by atoms with Crippen molar-refractivity contribution < 1.29 is 4.92 Å². The first-order valence-electron chi connectivity index (χ1n) is 5.31. The number of nitro groups is 1. The molecule has 0 spiro atoms. The van der Waals surface area contributed by atoms with Gasteiger partial charge in [0.05, 0.1) is 16.2 Å². The van der Waals surface area contributed by atoms with Crippen molar-refractivity contribution in [2.75, 3.05) is 0 Å². The molecule has 3 aromatic rings. The quantitative estimate of drug-likeness (QED) is 0.584. The van der Waals surface area contributed by atoms with Gasteiger partial charge in [-0.2, -0.15) is 5.10 Å². The van der Waals surface area contributed by atoms with Gasteiger partial charge in [0.1, 0.15) is 6.33 Å².